The van der Waals surface area contributed by atoms with E-state index in [-0.39, 0.29) is 19.2 Å². The van der Waals surface area contributed by atoms with Crippen molar-refractivity contribution in [3.8, 4) is 17.2 Å². The molecule has 1 aliphatic rings. The van der Waals surface area contributed by atoms with Gasteiger partial charge in [0.2, 0.25) is 6.79 Å². The number of hydrogen-bond acceptors (Lipinski definition) is 5. The normalized spacial score (nSPS) is 14.0. The number of oxime groups is 1. The predicted octanol–water partition coefficient (Wildman–Crippen LogP) is 0.540. The second-order valence-corrected chi connectivity index (χ2v) is 2.90. The molecule has 0 amide bonds. The summed E-state index contributed by atoms with van der Waals surface area (Å²) in [6.45, 7) is 0.245. The van der Waals surface area contributed by atoms with Crippen LogP contribution in [0.3, 0.4) is 0 Å². The third kappa shape index (κ3) is 2.04. The van der Waals surface area contributed by atoms with Gasteiger partial charge in [0.25, 0.3) is 0 Å². The highest BCUT2D eigenvalue weighted by atomic mass is 16.7. The third-order valence-electron chi connectivity index (χ3n) is 1.86. The zero-order chi connectivity index (χ0) is 10.7. The first-order valence-corrected chi connectivity index (χ1v) is 4.28. The van der Waals surface area contributed by atoms with E-state index in [1.807, 2.05) is 0 Å². The van der Waals surface area contributed by atoms with Crippen LogP contribution in [0, 0.1) is 0 Å². The Morgan fingerprint density at radius 3 is 3.07 bits per heavy atom. The molecule has 0 saturated heterocycles. The van der Waals surface area contributed by atoms with Crippen molar-refractivity contribution < 1.29 is 19.4 Å². The molecule has 0 aromatic heterocycles. The average Bonchev–Trinajstić information content (AvgIpc) is 2.72. The van der Waals surface area contributed by atoms with Gasteiger partial charge in [-0.3, -0.25) is 0 Å². The van der Waals surface area contributed by atoms with Gasteiger partial charge in [0.1, 0.15) is 12.4 Å². The van der Waals surface area contributed by atoms with E-state index in [9.17, 15) is 0 Å². The molecule has 1 aliphatic heterocycles. The molecule has 0 fully saturated rings. The Kier molecular flexibility index (Phi) is 2.49. The van der Waals surface area contributed by atoms with Crippen molar-refractivity contribution in [1.82, 2.24) is 0 Å². The molecular weight excluding hydrogens is 200 g/mol. The van der Waals surface area contributed by atoms with Gasteiger partial charge in [-0.2, -0.15) is 0 Å². The van der Waals surface area contributed by atoms with E-state index in [0.717, 1.165) is 0 Å². The van der Waals surface area contributed by atoms with Crippen molar-refractivity contribution in [2.45, 2.75) is 0 Å². The maximum atomic E-state index is 8.31. The third-order valence-corrected chi connectivity index (χ3v) is 1.86. The van der Waals surface area contributed by atoms with Gasteiger partial charge in [0.15, 0.2) is 17.3 Å². The lowest BCUT2D eigenvalue weighted by Gasteiger charge is -2.05. The lowest BCUT2D eigenvalue weighted by molar-refractivity contribution is 0.174. The van der Waals surface area contributed by atoms with Crippen LogP contribution in [0.15, 0.2) is 23.4 Å². The maximum Gasteiger partial charge on any atom is 0.231 e. The Morgan fingerprint density at radius 1 is 1.47 bits per heavy atom. The highest BCUT2D eigenvalue weighted by Gasteiger charge is 2.13. The average molecular weight is 210 g/mol. The summed E-state index contributed by atoms with van der Waals surface area (Å²) in [4.78, 5) is 0. The summed E-state index contributed by atoms with van der Waals surface area (Å²) < 4.78 is 15.5. The van der Waals surface area contributed by atoms with Crippen LogP contribution in [0.5, 0.6) is 17.2 Å². The van der Waals surface area contributed by atoms with Gasteiger partial charge in [-0.05, 0) is 12.1 Å². The molecule has 2 rings (SSSR count). The highest BCUT2D eigenvalue weighted by molar-refractivity contribution is 5.81. The zero-order valence-corrected chi connectivity index (χ0v) is 7.84. The summed E-state index contributed by atoms with van der Waals surface area (Å²) in [5.74, 6) is 1.90. The summed E-state index contributed by atoms with van der Waals surface area (Å²) in [6.07, 6.45) is 0. The van der Waals surface area contributed by atoms with Gasteiger partial charge < -0.3 is 25.2 Å². The Labute approximate surface area is 85.8 Å². The second kappa shape index (κ2) is 3.95. The van der Waals surface area contributed by atoms with Crippen LogP contribution < -0.4 is 19.9 Å². The molecule has 0 bridgehead atoms. The van der Waals surface area contributed by atoms with E-state index >= 15 is 0 Å². The number of fused-ring (bicyclic) bond motifs is 1. The van der Waals surface area contributed by atoms with E-state index in [1.54, 1.807) is 18.2 Å². The first-order valence-electron chi connectivity index (χ1n) is 4.28. The van der Waals surface area contributed by atoms with Gasteiger partial charge in [0.05, 0.1) is 0 Å². The molecule has 15 heavy (non-hydrogen) atoms. The second-order valence-electron chi connectivity index (χ2n) is 2.90. The van der Waals surface area contributed by atoms with Crippen molar-refractivity contribution >= 4 is 5.84 Å². The number of rotatable bonds is 3. The van der Waals surface area contributed by atoms with Crippen molar-refractivity contribution in [1.29, 1.82) is 0 Å². The molecule has 1 heterocycles. The van der Waals surface area contributed by atoms with Gasteiger partial charge in [0, 0.05) is 6.07 Å². The van der Waals surface area contributed by atoms with Crippen LogP contribution in [-0.2, 0) is 0 Å². The van der Waals surface area contributed by atoms with Gasteiger partial charge in [-0.1, -0.05) is 5.16 Å². The minimum absolute atomic E-state index is 0.00710. The van der Waals surface area contributed by atoms with E-state index in [0.29, 0.717) is 17.2 Å². The Balaban J connectivity index is 2.04. The Morgan fingerprint density at radius 2 is 2.27 bits per heavy atom. The van der Waals surface area contributed by atoms with E-state index in [2.05, 4.69) is 5.16 Å². The fourth-order valence-electron chi connectivity index (χ4n) is 1.15. The minimum Gasteiger partial charge on any atom is -0.485 e. The Bertz CT molecular complexity index is 392. The topological polar surface area (TPSA) is 86.3 Å². The van der Waals surface area contributed by atoms with E-state index in [4.69, 9.17) is 25.2 Å². The van der Waals surface area contributed by atoms with Crippen molar-refractivity contribution in [3.63, 3.8) is 0 Å². The molecule has 80 valence electrons. The molecule has 3 N–H and O–H groups in total. The standard InChI is InChI=1S/C9H10N2O4/c10-9(11-12)4-13-6-1-2-7-8(3-6)15-5-14-7/h1-3,12H,4-5H2,(H2,10,11). The van der Waals surface area contributed by atoms with Crippen molar-refractivity contribution in [2.75, 3.05) is 13.4 Å². The van der Waals surface area contributed by atoms with Crippen LogP contribution in [0.4, 0.5) is 0 Å². The lowest BCUT2D eigenvalue weighted by atomic mass is 10.3. The van der Waals surface area contributed by atoms with E-state index in [1.165, 1.54) is 0 Å². The molecule has 0 atom stereocenters. The number of nitrogens with zero attached hydrogens (tertiary/aromatic N) is 1. The van der Waals surface area contributed by atoms with Crippen LogP contribution in [-0.4, -0.2) is 24.4 Å². The van der Waals surface area contributed by atoms with Crippen molar-refractivity contribution in [3.05, 3.63) is 18.2 Å². The fraction of sp³-hybridized carbons (Fsp3) is 0.222. The molecule has 0 spiro atoms. The van der Waals surface area contributed by atoms with Crippen LogP contribution in [0.25, 0.3) is 0 Å². The summed E-state index contributed by atoms with van der Waals surface area (Å²) in [5, 5.41) is 11.1. The number of hydrogen-bond donors (Lipinski definition) is 2. The SMILES string of the molecule is N/C(COc1ccc2c(c1)OCO2)=N\O. The first kappa shape index (κ1) is 9.45. The fourth-order valence-corrected chi connectivity index (χ4v) is 1.15. The smallest absolute Gasteiger partial charge is 0.231 e. The van der Waals surface area contributed by atoms with Crippen LogP contribution >= 0.6 is 0 Å². The molecule has 0 unspecified atom stereocenters. The predicted molar refractivity (Wildman–Crippen MR) is 51.5 cm³/mol. The molecule has 6 heteroatoms. The van der Waals surface area contributed by atoms with Crippen LogP contribution in [0.1, 0.15) is 0 Å². The highest BCUT2D eigenvalue weighted by Crippen LogP contribution is 2.34. The minimum atomic E-state index is 0.00710. The lowest BCUT2D eigenvalue weighted by Crippen LogP contribution is -2.20. The largest absolute Gasteiger partial charge is 0.485 e. The maximum absolute atomic E-state index is 8.31. The monoisotopic (exact) mass is 210 g/mol. The number of amidine groups is 1. The summed E-state index contributed by atoms with van der Waals surface area (Å²) in [7, 11) is 0. The quantitative estimate of drug-likeness (QED) is 0.329. The van der Waals surface area contributed by atoms with Crippen molar-refractivity contribution in [2.24, 2.45) is 10.9 Å². The first-order chi connectivity index (χ1) is 7.29. The van der Waals surface area contributed by atoms with Gasteiger partial charge in [-0.15, -0.1) is 0 Å². The van der Waals surface area contributed by atoms with E-state index < -0.39 is 0 Å². The molecule has 1 aromatic carbocycles. The molecule has 6 nitrogen and oxygen atoms in total. The number of ether oxygens (including phenoxy) is 3. The molecule has 1 aromatic rings. The summed E-state index contributed by atoms with van der Waals surface area (Å²) in [5.41, 5.74) is 5.25. The molecule has 0 saturated carbocycles. The number of nitrogens with two attached hydrogens (primary N) is 1. The summed E-state index contributed by atoms with van der Waals surface area (Å²) >= 11 is 0. The zero-order valence-electron chi connectivity index (χ0n) is 7.84. The van der Waals surface area contributed by atoms with Gasteiger partial charge in [-0.25, -0.2) is 0 Å². The van der Waals surface area contributed by atoms with Gasteiger partial charge >= 0.3 is 0 Å². The van der Waals surface area contributed by atoms with Crippen LogP contribution in [0.2, 0.25) is 0 Å². The Hall–Kier alpha value is -2.11. The summed E-state index contributed by atoms with van der Waals surface area (Å²) in [6, 6.07) is 5.15. The molecule has 0 radical (unpaired) electrons. The number of benzene rings is 1. The molecule has 0 aliphatic carbocycles. The molecular formula is C9H10N2O4.